The third-order valence-electron chi connectivity index (χ3n) is 3.23. The fraction of sp³-hybridized carbons (Fsp3) is 0.333. The van der Waals surface area contributed by atoms with Crippen molar-refractivity contribution >= 4 is 24.0 Å². The molecule has 0 saturated carbocycles. The van der Waals surface area contributed by atoms with Crippen LogP contribution in [0.15, 0.2) is 24.3 Å². The number of halogens is 1. The Balaban J connectivity index is 1.84. The van der Waals surface area contributed by atoms with Gasteiger partial charge in [-0.3, -0.25) is 30.1 Å². The summed E-state index contributed by atoms with van der Waals surface area (Å²) in [6, 6.07) is 5.57. The van der Waals surface area contributed by atoms with Crippen molar-refractivity contribution in [2.24, 2.45) is 0 Å². The highest BCUT2D eigenvalue weighted by atomic mass is 32.1. The Morgan fingerprint density at radius 2 is 1.92 bits per heavy atom. The molecule has 1 heterocycles. The predicted octanol–water partition coefficient (Wildman–Crippen LogP) is 1.42. The summed E-state index contributed by atoms with van der Waals surface area (Å²) in [6.45, 7) is 1.96. The van der Waals surface area contributed by atoms with Crippen molar-refractivity contribution in [1.82, 2.24) is 25.6 Å². The van der Waals surface area contributed by atoms with Crippen molar-refractivity contribution in [3.05, 3.63) is 46.2 Å². The minimum absolute atomic E-state index is 0.0345. The van der Waals surface area contributed by atoms with E-state index in [0.717, 1.165) is 6.42 Å². The number of carbonyl (C=O) groups is 2. The van der Waals surface area contributed by atoms with Crippen molar-refractivity contribution in [1.29, 1.82) is 0 Å². The maximum atomic E-state index is 12.8. The second-order valence-electron chi connectivity index (χ2n) is 5.18. The van der Waals surface area contributed by atoms with Crippen LogP contribution in [0.5, 0.6) is 0 Å². The number of nitrogens with zero attached hydrogens (tertiary/aromatic N) is 2. The molecule has 0 aliphatic carbocycles. The van der Waals surface area contributed by atoms with Gasteiger partial charge in [0.1, 0.15) is 18.2 Å². The summed E-state index contributed by atoms with van der Waals surface area (Å²) in [7, 11) is 0. The van der Waals surface area contributed by atoms with Crippen LogP contribution in [0, 0.1) is 10.6 Å². The van der Waals surface area contributed by atoms with Crippen LogP contribution in [-0.2, 0) is 29.0 Å². The minimum Gasteiger partial charge on any atom is -0.295 e. The second kappa shape index (κ2) is 8.34. The number of nitrogens with one attached hydrogen (secondary N) is 3. The molecule has 24 heavy (non-hydrogen) atoms. The lowest BCUT2D eigenvalue weighted by atomic mass is 10.1. The van der Waals surface area contributed by atoms with Crippen molar-refractivity contribution in [3.8, 4) is 0 Å². The number of aryl methyl sites for hydroxylation is 1. The quantitative estimate of drug-likeness (QED) is 0.542. The number of hydrogen-bond acceptors (Lipinski definition) is 4. The molecule has 2 amide bonds. The van der Waals surface area contributed by atoms with Crippen molar-refractivity contribution in [2.75, 3.05) is 0 Å². The molecule has 9 heteroatoms. The second-order valence-corrected chi connectivity index (χ2v) is 5.57. The number of amides is 2. The number of hydrazine groups is 1. The molecule has 1 aromatic carbocycles. The number of carbonyl (C=O) groups excluding carboxylic acids is 2. The van der Waals surface area contributed by atoms with Crippen molar-refractivity contribution in [2.45, 2.75) is 32.7 Å². The normalized spacial score (nSPS) is 10.4. The summed E-state index contributed by atoms with van der Waals surface area (Å²) in [5.41, 5.74) is 5.29. The average Bonchev–Trinajstić information content (AvgIpc) is 2.89. The zero-order chi connectivity index (χ0) is 17.5. The highest BCUT2D eigenvalue weighted by Gasteiger charge is 2.11. The van der Waals surface area contributed by atoms with E-state index < -0.39 is 11.8 Å². The predicted molar refractivity (Wildman–Crippen MR) is 87.8 cm³/mol. The Labute approximate surface area is 143 Å². The molecule has 0 saturated heterocycles. The molecule has 0 spiro atoms. The molecular formula is C15H18FN5O2S. The van der Waals surface area contributed by atoms with Crippen LogP contribution in [0.1, 0.15) is 24.7 Å². The third kappa shape index (κ3) is 4.98. The van der Waals surface area contributed by atoms with Gasteiger partial charge >= 0.3 is 0 Å². The average molecular weight is 351 g/mol. The molecule has 0 aliphatic rings. The summed E-state index contributed by atoms with van der Waals surface area (Å²) in [5.74, 6) is -0.501. The first-order valence-corrected chi connectivity index (χ1v) is 7.86. The highest BCUT2D eigenvalue weighted by molar-refractivity contribution is 7.71. The van der Waals surface area contributed by atoms with E-state index in [1.54, 1.807) is 4.57 Å². The van der Waals surface area contributed by atoms with Gasteiger partial charge in [-0.1, -0.05) is 19.1 Å². The number of rotatable bonds is 6. The smallest absolute Gasteiger partial charge is 0.258 e. The van der Waals surface area contributed by atoms with E-state index in [9.17, 15) is 14.0 Å². The van der Waals surface area contributed by atoms with Crippen LogP contribution in [0.25, 0.3) is 0 Å². The van der Waals surface area contributed by atoms with E-state index in [1.165, 1.54) is 24.3 Å². The summed E-state index contributed by atoms with van der Waals surface area (Å²) >= 11 is 5.09. The van der Waals surface area contributed by atoms with Crippen LogP contribution in [-0.4, -0.2) is 26.6 Å². The van der Waals surface area contributed by atoms with Crippen LogP contribution in [0.2, 0.25) is 0 Å². The summed E-state index contributed by atoms with van der Waals surface area (Å²) in [6.07, 6.45) is 1.60. The van der Waals surface area contributed by atoms with Crippen LogP contribution < -0.4 is 10.9 Å². The van der Waals surface area contributed by atoms with E-state index in [0.29, 0.717) is 22.6 Å². The zero-order valence-corrected chi connectivity index (χ0v) is 14.0. The number of hydrogen-bond donors (Lipinski definition) is 3. The number of aromatic nitrogens is 3. The highest BCUT2D eigenvalue weighted by Crippen LogP contribution is 2.03. The third-order valence-corrected chi connectivity index (χ3v) is 3.54. The van der Waals surface area contributed by atoms with E-state index in [4.69, 9.17) is 12.2 Å². The lowest BCUT2D eigenvalue weighted by molar-refractivity contribution is -0.128. The van der Waals surface area contributed by atoms with Gasteiger partial charge in [-0.2, -0.15) is 5.10 Å². The molecule has 0 aliphatic heterocycles. The van der Waals surface area contributed by atoms with Gasteiger partial charge in [-0.05, 0) is 36.3 Å². The zero-order valence-electron chi connectivity index (χ0n) is 13.1. The topological polar surface area (TPSA) is 91.8 Å². The number of benzene rings is 1. The molecule has 0 fully saturated rings. The molecule has 0 bridgehead atoms. The largest absolute Gasteiger partial charge is 0.295 e. The Morgan fingerprint density at radius 3 is 2.58 bits per heavy atom. The Hall–Kier alpha value is -2.55. The fourth-order valence-corrected chi connectivity index (χ4v) is 2.30. The molecule has 1 aromatic heterocycles. The molecule has 0 unspecified atom stereocenters. The van der Waals surface area contributed by atoms with Gasteiger partial charge in [0, 0.05) is 6.42 Å². The molecule has 7 nitrogen and oxygen atoms in total. The molecule has 0 atom stereocenters. The number of H-pyrrole nitrogens is 1. The van der Waals surface area contributed by atoms with Gasteiger partial charge in [0.05, 0.1) is 6.42 Å². The Morgan fingerprint density at radius 1 is 1.25 bits per heavy atom. The maximum Gasteiger partial charge on any atom is 0.258 e. The van der Waals surface area contributed by atoms with E-state index in [1.807, 2.05) is 6.92 Å². The van der Waals surface area contributed by atoms with Crippen LogP contribution >= 0.6 is 12.2 Å². The van der Waals surface area contributed by atoms with Gasteiger partial charge in [0.25, 0.3) is 5.91 Å². The monoisotopic (exact) mass is 351 g/mol. The summed E-state index contributed by atoms with van der Waals surface area (Å²) in [5, 5.41) is 6.71. The number of aromatic amines is 1. The van der Waals surface area contributed by atoms with Gasteiger partial charge in [-0.25, -0.2) is 4.39 Å². The van der Waals surface area contributed by atoms with Crippen LogP contribution in [0.3, 0.4) is 0 Å². The maximum absolute atomic E-state index is 12.8. The van der Waals surface area contributed by atoms with Crippen LogP contribution in [0.4, 0.5) is 4.39 Å². The first-order chi connectivity index (χ1) is 11.5. The molecule has 0 radical (unpaired) electrons. The van der Waals surface area contributed by atoms with Crippen molar-refractivity contribution < 1.29 is 14.0 Å². The van der Waals surface area contributed by atoms with Crippen molar-refractivity contribution in [3.63, 3.8) is 0 Å². The fourth-order valence-electron chi connectivity index (χ4n) is 2.08. The molecule has 128 valence electrons. The van der Waals surface area contributed by atoms with E-state index in [-0.39, 0.29) is 18.8 Å². The van der Waals surface area contributed by atoms with Gasteiger partial charge < -0.3 is 0 Å². The van der Waals surface area contributed by atoms with E-state index in [2.05, 4.69) is 21.0 Å². The molecule has 2 rings (SSSR count). The first-order valence-electron chi connectivity index (χ1n) is 7.45. The summed E-state index contributed by atoms with van der Waals surface area (Å²) in [4.78, 5) is 23.7. The van der Waals surface area contributed by atoms with Gasteiger partial charge in [0.15, 0.2) is 4.77 Å². The first kappa shape index (κ1) is 17.8. The van der Waals surface area contributed by atoms with E-state index >= 15 is 0 Å². The Bertz CT molecular complexity index is 769. The molecular weight excluding hydrogens is 333 g/mol. The van der Waals surface area contributed by atoms with Gasteiger partial charge in [-0.15, -0.1) is 0 Å². The lowest BCUT2D eigenvalue weighted by Crippen LogP contribution is -2.44. The van der Waals surface area contributed by atoms with Gasteiger partial charge in [0.2, 0.25) is 5.91 Å². The molecule has 2 aromatic rings. The Kier molecular flexibility index (Phi) is 6.19. The standard InChI is InChI=1S/C15H18FN5O2S/c1-2-3-12-17-20-15(24)21(12)9-14(23)19-18-13(22)8-10-4-6-11(16)7-5-10/h4-7H,2-3,8-9H2,1H3,(H,18,22)(H,19,23)(H,20,24). The lowest BCUT2D eigenvalue weighted by Gasteiger charge is -2.09. The molecule has 3 N–H and O–H groups in total. The SMILES string of the molecule is CCCc1n[nH]c(=S)n1CC(=O)NNC(=O)Cc1ccc(F)cc1. The summed E-state index contributed by atoms with van der Waals surface area (Å²) < 4.78 is 14.7. The minimum atomic E-state index is -0.419.